The topological polar surface area (TPSA) is 92.2 Å². The Morgan fingerprint density at radius 1 is 1.18 bits per heavy atom. The number of hydrogen-bond donors (Lipinski definition) is 2. The molecule has 0 saturated carbocycles. The van der Waals surface area contributed by atoms with Crippen LogP contribution in [0, 0.1) is 0 Å². The van der Waals surface area contributed by atoms with Crippen LogP contribution in [-0.2, 0) is 6.54 Å². The Morgan fingerprint density at radius 2 is 1.96 bits per heavy atom. The standard InChI is InChI=1S/C20H26N6O2/c27-19(21-10-7-13-25-11-5-2-6-12-25)17-18-20(28)22-16(14-26(18)24-23-17)15-8-3-1-4-9-15/h1,3-4,8-9,16H,2,5-7,10-14H2,(H,21,27)(H,22,28)/t16-/m1/s1. The van der Waals surface area contributed by atoms with Crippen LogP contribution in [0.25, 0.3) is 0 Å². The van der Waals surface area contributed by atoms with Gasteiger partial charge in [-0.25, -0.2) is 4.68 Å². The van der Waals surface area contributed by atoms with E-state index in [-0.39, 0.29) is 29.2 Å². The highest BCUT2D eigenvalue weighted by Crippen LogP contribution is 2.21. The van der Waals surface area contributed by atoms with Gasteiger partial charge < -0.3 is 15.5 Å². The number of nitrogens with zero attached hydrogens (tertiary/aromatic N) is 4. The minimum Gasteiger partial charge on any atom is -0.351 e. The molecule has 1 aromatic carbocycles. The average Bonchev–Trinajstić information content (AvgIpc) is 3.17. The summed E-state index contributed by atoms with van der Waals surface area (Å²) in [6.45, 7) is 4.31. The summed E-state index contributed by atoms with van der Waals surface area (Å²) >= 11 is 0. The maximum Gasteiger partial charge on any atom is 0.274 e. The first-order chi connectivity index (χ1) is 13.7. The van der Waals surface area contributed by atoms with E-state index in [9.17, 15) is 9.59 Å². The van der Waals surface area contributed by atoms with E-state index in [1.807, 2.05) is 30.3 Å². The third kappa shape index (κ3) is 4.06. The number of amides is 2. The molecule has 8 nitrogen and oxygen atoms in total. The van der Waals surface area contributed by atoms with Gasteiger partial charge in [-0.3, -0.25) is 9.59 Å². The maximum absolute atomic E-state index is 12.6. The number of carbonyl (C=O) groups is 2. The van der Waals surface area contributed by atoms with Crippen LogP contribution in [0.15, 0.2) is 30.3 Å². The number of hydrogen-bond acceptors (Lipinski definition) is 5. The quantitative estimate of drug-likeness (QED) is 0.736. The van der Waals surface area contributed by atoms with Crippen molar-refractivity contribution in [3.8, 4) is 0 Å². The number of rotatable bonds is 6. The number of carbonyl (C=O) groups excluding carboxylic acids is 2. The molecule has 2 aliphatic rings. The number of benzene rings is 1. The van der Waals surface area contributed by atoms with Gasteiger partial charge >= 0.3 is 0 Å². The molecule has 0 unspecified atom stereocenters. The normalized spacial score (nSPS) is 19.7. The highest BCUT2D eigenvalue weighted by molar-refractivity contribution is 6.05. The van der Waals surface area contributed by atoms with Gasteiger partial charge in [-0.05, 0) is 44.5 Å². The van der Waals surface area contributed by atoms with Gasteiger partial charge in [-0.15, -0.1) is 5.10 Å². The van der Waals surface area contributed by atoms with Gasteiger partial charge in [0.15, 0.2) is 11.4 Å². The predicted octanol–water partition coefficient (Wildman–Crippen LogP) is 1.37. The first-order valence-corrected chi connectivity index (χ1v) is 10.0. The number of likely N-dealkylation sites (tertiary alicyclic amines) is 1. The van der Waals surface area contributed by atoms with Crippen LogP contribution in [0.3, 0.4) is 0 Å². The van der Waals surface area contributed by atoms with Gasteiger partial charge in [-0.1, -0.05) is 42.0 Å². The summed E-state index contributed by atoms with van der Waals surface area (Å²) < 4.78 is 1.53. The molecule has 148 valence electrons. The number of piperidine rings is 1. The van der Waals surface area contributed by atoms with Crippen LogP contribution in [0.5, 0.6) is 0 Å². The average molecular weight is 382 g/mol. The molecule has 4 rings (SSSR count). The molecule has 2 amide bonds. The second-order valence-corrected chi connectivity index (χ2v) is 7.42. The Kier molecular flexibility index (Phi) is 5.66. The van der Waals surface area contributed by atoms with Crippen LogP contribution in [0.1, 0.15) is 58.3 Å². The minimum atomic E-state index is -0.340. The van der Waals surface area contributed by atoms with Gasteiger partial charge in [0.1, 0.15) is 0 Å². The van der Waals surface area contributed by atoms with Crippen molar-refractivity contribution >= 4 is 11.8 Å². The monoisotopic (exact) mass is 382 g/mol. The first-order valence-electron chi connectivity index (χ1n) is 10.0. The van der Waals surface area contributed by atoms with E-state index in [1.54, 1.807) is 0 Å². The van der Waals surface area contributed by atoms with Crippen molar-refractivity contribution in [2.45, 2.75) is 38.3 Å². The number of aromatic nitrogens is 3. The zero-order valence-corrected chi connectivity index (χ0v) is 15.9. The van der Waals surface area contributed by atoms with Crippen molar-refractivity contribution in [3.05, 3.63) is 47.3 Å². The summed E-state index contributed by atoms with van der Waals surface area (Å²) in [5.41, 5.74) is 1.34. The Hall–Kier alpha value is -2.74. The van der Waals surface area contributed by atoms with Crippen LogP contribution >= 0.6 is 0 Å². The largest absolute Gasteiger partial charge is 0.351 e. The van der Waals surface area contributed by atoms with E-state index in [4.69, 9.17) is 0 Å². The van der Waals surface area contributed by atoms with Gasteiger partial charge in [0.2, 0.25) is 0 Å². The fraction of sp³-hybridized carbons (Fsp3) is 0.500. The molecule has 0 radical (unpaired) electrons. The second kappa shape index (κ2) is 8.52. The van der Waals surface area contributed by atoms with Gasteiger partial charge in [0.05, 0.1) is 12.6 Å². The lowest BCUT2D eigenvalue weighted by Gasteiger charge is -2.26. The van der Waals surface area contributed by atoms with E-state index in [0.29, 0.717) is 13.1 Å². The molecule has 2 aliphatic heterocycles. The SMILES string of the molecule is O=C(NCCCN1CCCCC1)c1nnn2c1C(=O)N[C@@H](c1ccccc1)C2. The molecule has 8 heteroatoms. The summed E-state index contributed by atoms with van der Waals surface area (Å²) in [5, 5.41) is 13.8. The lowest BCUT2D eigenvalue weighted by molar-refractivity contribution is 0.0876. The fourth-order valence-electron chi connectivity index (χ4n) is 3.91. The molecule has 1 fully saturated rings. The Morgan fingerprint density at radius 3 is 2.75 bits per heavy atom. The molecule has 2 N–H and O–H groups in total. The minimum absolute atomic E-state index is 0.0991. The van der Waals surface area contributed by atoms with Gasteiger partial charge in [0, 0.05) is 6.54 Å². The summed E-state index contributed by atoms with van der Waals surface area (Å²) in [6, 6.07) is 9.54. The van der Waals surface area contributed by atoms with E-state index in [1.165, 1.54) is 23.9 Å². The van der Waals surface area contributed by atoms with Crippen molar-refractivity contribution < 1.29 is 9.59 Å². The van der Waals surface area contributed by atoms with Crippen molar-refractivity contribution in [1.82, 2.24) is 30.5 Å². The molecule has 2 aromatic rings. The summed E-state index contributed by atoms with van der Waals surface area (Å²) in [6.07, 6.45) is 4.73. The molecule has 0 bridgehead atoms. The second-order valence-electron chi connectivity index (χ2n) is 7.42. The van der Waals surface area contributed by atoms with Crippen LogP contribution in [0.4, 0.5) is 0 Å². The van der Waals surface area contributed by atoms with Crippen molar-refractivity contribution in [1.29, 1.82) is 0 Å². The Balaban J connectivity index is 1.34. The molecule has 28 heavy (non-hydrogen) atoms. The van der Waals surface area contributed by atoms with E-state index in [2.05, 4.69) is 25.8 Å². The summed E-state index contributed by atoms with van der Waals surface area (Å²) in [4.78, 5) is 27.5. The lowest BCUT2D eigenvalue weighted by atomic mass is 10.0. The van der Waals surface area contributed by atoms with Crippen molar-refractivity contribution in [2.75, 3.05) is 26.2 Å². The van der Waals surface area contributed by atoms with Crippen LogP contribution in [-0.4, -0.2) is 57.9 Å². The molecular formula is C20H26N6O2. The lowest BCUT2D eigenvalue weighted by Crippen LogP contribution is -2.40. The summed E-state index contributed by atoms with van der Waals surface area (Å²) in [5.74, 6) is -0.656. The van der Waals surface area contributed by atoms with Crippen LogP contribution < -0.4 is 10.6 Å². The summed E-state index contributed by atoms with van der Waals surface area (Å²) in [7, 11) is 0. The predicted molar refractivity (Wildman–Crippen MR) is 104 cm³/mol. The third-order valence-electron chi connectivity index (χ3n) is 5.41. The molecule has 1 saturated heterocycles. The van der Waals surface area contributed by atoms with Crippen molar-refractivity contribution in [3.63, 3.8) is 0 Å². The van der Waals surface area contributed by atoms with Crippen LogP contribution in [0.2, 0.25) is 0 Å². The van der Waals surface area contributed by atoms with Gasteiger partial charge in [0.25, 0.3) is 11.8 Å². The Labute approximate surface area is 164 Å². The molecule has 0 spiro atoms. The van der Waals surface area contributed by atoms with Gasteiger partial charge in [-0.2, -0.15) is 0 Å². The third-order valence-corrected chi connectivity index (χ3v) is 5.41. The number of nitrogens with one attached hydrogen (secondary N) is 2. The number of fused-ring (bicyclic) bond motifs is 1. The molecule has 3 heterocycles. The molecule has 1 atom stereocenters. The molecule has 1 aromatic heterocycles. The van der Waals surface area contributed by atoms with E-state index >= 15 is 0 Å². The Bertz CT molecular complexity index is 828. The zero-order valence-electron chi connectivity index (χ0n) is 15.9. The zero-order chi connectivity index (χ0) is 19.3. The van der Waals surface area contributed by atoms with E-state index < -0.39 is 0 Å². The smallest absolute Gasteiger partial charge is 0.274 e. The first kappa shape index (κ1) is 18.6. The maximum atomic E-state index is 12.6. The van der Waals surface area contributed by atoms with Crippen molar-refractivity contribution in [2.24, 2.45) is 0 Å². The fourth-order valence-corrected chi connectivity index (χ4v) is 3.91. The molecular weight excluding hydrogens is 356 g/mol. The molecule has 0 aliphatic carbocycles. The van der Waals surface area contributed by atoms with E-state index in [0.717, 1.165) is 31.6 Å². The highest BCUT2D eigenvalue weighted by Gasteiger charge is 2.32. The highest BCUT2D eigenvalue weighted by atomic mass is 16.2.